The third-order valence-corrected chi connectivity index (χ3v) is 4.57. The molecular weight excluding hydrogens is 352 g/mol. The van der Waals surface area contributed by atoms with Gasteiger partial charge in [0.05, 0.1) is 11.1 Å². The van der Waals surface area contributed by atoms with E-state index in [1.807, 2.05) is 25.1 Å². The average molecular weight is 371 g/mol. The van der Waals surface area contributed by atoms with Crippen molar-refractivity contribution < 1.29 is 14.4 Å². The molecule has 0 bridgehead atoms. The first kappa shape index (κ1) is 18.1. The Bertz CT molecular complexity index is 862. The Hall–Kier alpha value is -2.66. The zero-order chi connectivity index (χ0) is 18.7. The highest BCUT2D eigenvalue weighted by atomic mass is 35.5. The Kier molecular flexibility index (Phi) is 5.38. The van der Waals surface area contributed by atoms with Gasteiger partial charge in [-0.3, -0.25) is 19.3 Å². The summed E-state index contributed by atoms with van der Waals surface area (Å²) >= 11 is 5.82. The lowest BCUT2D eigenvalue weighted by Crippen LogP contribution is -2.32. The van der Waals surface area contributed by atoms with Gasteiger partial charge in [0, 0.05) is 24.5 Å². The van der Waals surface area contributed by atoms with Gasteiger partial charge in [-0.05, 0) is 43.2 Å². The number of carbonyl (C=O) groups is 3. The van der Waals surface area contributed by atoms with Gasteiger partial charge in [0.25, 0.3) is 11.8 Å². The van der Waals surface area contributed by atoms with E-state index in [9.17, 15) is 14.4 Å². The summed E-state index contributed by atoms with van der Waals surface area (Å²) in [5.41, 5.74) is 2.78. The summed E-state index contributed by atoms with van der Waals surface area (Å²) in [6.45, 7) is 2.54. The number of halogens is 1. The summed E-state index contributed by atoms with van der Waals surface area (Å²) in [5.74, 6) is -0.686. The van der Waals surface area contributed by atoms with E-state index in [1.165, 1.54) is 4.90 Å². The van der Waals surface area contributed by atoms with Crippen molar-refractivity contribution in [2.24, 2.45) is 0 Å². The molecule has 0 saturated heterocycles. The molecule has 1 N–H and O–H groups in total. The monoisotopic (exact) mass is 370 g/mol. The minimum absolute atomic E-state index is 0.118. The van der Waals surface area contributed by atoms with E-state index in [4.69, 9.17) is 11.6 Å². The standard InChI is InChI=1S/C20H19ClN2O3/c1-13-4-9-16-17(11-13)20(26)23(19(16)25)10-2-3-18(24)22-12-14-5-7-15(21)8-6-14/h4-9,11H,2-3,10,12H2,1H3,(H,22,24). The molecule has 0 fully saturated rings. The first-order chi connectivity index (χ1) is 12.5. The average Bonchev–Trinajstić information content (AvgIpc) is 2.85. The number of fused-ring (bicyclic) bond motifs is 1. The molecule has 2 aromatic rings. The van der Waals surface area contributed by atoms with E-state index >= 15 is 0 Å². The molecular formula is C20H19ClN2O3. The van der Waals surface area contributed by atoms with Crippen LogP contribution in [-0.4, -0.2) is 29.2 Å². The van der Waals surface area contributed by atoms with Gasteiger partial charge >= 0.3 is 0 Å². The van der Waals surface area contributed by atoms with Crippen LogP contribution in [0.2, 0.25) is 5.02 Å². The maximum atomic E-state index is 12.4. The molecule has 134 valence electrons. The Morgan fingerprint density at radius 1 is 1.04 bits per heavy atom. The molecule has 26 heavy (non-hydrogen) atoms. The molecule has 0 aromatic heterocycles. The van der Waals surface area contributed by atoms with Gasteiger partial charge < -0.3 is 5.32 Å². The first-order valence-electron chi connectivity index (χ1n) is 8.43. The van der Waals surface area contributed by atoms with Crippen LogP contribution in [0.1, 0.15) is 44.7 Å². The Morgan fingerprint density at radius 2 is 1.73 bits per heavy atom. The number of aryl methyl sites for hydroxylation is 1. The van der Waals surface area contributed by atoms with Crippen LogP contribution in [0.5, 0.6) is 0 Å². The lowest BCUT2D eigenvalue weighted by Gasteiger charge is -2.13. The molecule has 2 aromatic carbocycles. The van der Waals surface area contributed by atoms with Crippen LogP contribution < -0.4 is 5.32 Å². The van der Waals surface area contributed by atoms with E-state index < -0.39 is 0 Å². The molecule has 3 rings (SSSR count). The lowest BCUT2D eigenvalue weighted by atomic mass is 10.1. The summed E-state index contributed by atoms with van der Waals surface area (Å²) in [5, 5.41) is 3.47. The number of rotatable bonds is 6. The third-order valence-electron chi connectivity index (χ3n) is 4.31. The predicted molar refractivity (Wildman–Crippen MR) is 99.1 cm³/mol. The molecule has 0 atom stereocenters. The van der Waals surface area contributed by atoms with Crippen molar-refractivity contribution in [1.82, 2.24) is 10.2 Å². The van der Waals surface area contributed by atoms with Crippen LogP contribution in [0.3, 0.4) is 0 Å². The number of nitrogens with zero attached hydrogens (tertiary/aromatic N) is 1. The largest absolute Gasteiger partial charge is 0.352 e. The molecule has 1 aliphatic heterocycles. The third kappa shape index (κ3) is 3.94. The second kappa shape index (κ2) is 7.70. The fourth-order valence-corrected chi connectivity index (χ4v) is 3.02. The van der Waals surface area contributed by atoms with Crippen molar-refractivity contribution in [2.75, 3.05) is 6.54 Å². The predicted octanol–water partition coefficient (Wildman–Crippen LogP) is 3.34. The van der Waals surface area contributed by atoms with Gasteiger partial charge in [-0.25, -0.2) is 0 Å². The van der Waals surface area contributed by atoms with Crippen LogP contribution in [0.25, 0.3) is 0 Å². The van der Waals surface area contributed by atoms with E-state index in [-0.39, 0.29) is 30.7 Å². The maximum absolute atomic E-state index is 12.4. The second-order valence-electron chi connectivity index (χ2n) is 6.32. The molecule has 0 radical (unpaired) electrons. The molecule has 0 saturated carbocycles. The molecule has 0 unspecified atom stereocenters. The Morgan fingerprint density at radius 3 is 2.46 bits per heavy atom. The van der Waals surface area contributed by atoms with Crippen molar-refractivity contribution in [3.8, 4) is 0 Å². The molecule has 0 spiro atoms. The molecule has 6 heteroatoms. The highest BCUT2D eigenvalue weighted by Gasteiger charge is 2.34. The summed E-state index contributed by atoms with van der Waals surface area (Å²) in [6, 6.07) is 12.5. The number of nitrogens with one attached hydrogen (secondary N) is 1. The Labute approximate surface area is 156 Å². The van der Waals surface area contributed by atoms with Gasteiger partial charge in [-0.1, -0.05) is 35.4 Å². The highest BCUT2D eigenvalue weighted by molar-refractivity contribution is 6.30. The van der Waals surface area contributed by atoms with Gasteiger partial charge in [0.2, 0.25) is 5.91 Å². The minimum Gasteiger partial charge on any atom is -0.352 e. The summed E-state index contributed by atoms with van der Waals surface area (Å²) in [7, 11) is 0. The van der Waals surface area contributed by atoms with E-state index in [0.29, 0.717) is 29.1 Å². The quantitative estimate of drug-likeness (QED) is 0.793. The van der Waals surface area contributed by atoms with Crippen LogP contribution in [0, 0.1) is 6.92 Å². The van der Waals surface area contributed by atoms with Crippen molar-refractivity contribution in [2.45, 2.75) is 26.3 Å². The minimum atomic E-state index is -0.286. The summed E-state index contributed by atoms with van der Waals surface area (Å²) in [4.78, 5) is 37.9. The molecule has 3 amide bonds. The number of hydrogen-bond donors (Lipinski definition) is 1. The topological polar surface area (TPSA) is 66.5 Å². The first-order valence-corrected chi connectivity index (χ1v) is 8.81. The zero-order valence-corrected chi connectivity index (χ0v) is 15.2. The highest BCUT2D eigenvalue weighted by Crippen LogP contribution is 2.24. The van der Waals surface area contributed by atoms with Crippen molar-refractivity contribution in [3.05, 3.63) is 69.7 Å². The molecule has 0 aliphatic carbocycles. The number of benzene rings is 2. The van der Waals surface area contributed by atoms with Gasteiger partial charge in [0.15, 0.2) is 0 Å². The normalized spacial score (nSPS) is 13.1. The fraction of sp³-hybridized carbons (Fsp3) is 0.250. The number of amides is 3. The number of imide groups is 1. The van der Waals surface area contributed by atoms with Crippen LogP contribution in [0.15, 0.2) is 42.5 Å². The van der Waals surface area contributed by atoms with Crippen molar-refractivity contribution >= 4 is 29.3 Å². The van der Waals surface area contributed by atoms with Gasteiger partial charge in [0.1, 0.15) is 0 Å². The summed E-state index contributed by atoms with van der Waals surface area (Å²) < 4.78 is 0. The number of carbonyl (C=O) groups excluding carboxylic acids is 3. The molecule has 5 nitrogen and oxygen atoms in total. The smallest absolute Gasteiger partial charge is 0.261 e. The molecule has 1 heterocycles. The van der Waals surface area contributed by atoms with Crippen LogP contribution in [0.4, 0.5) is 0 Å². The van der Waals surface area contributed by atoms with E-state index in [2.05, 4.69) is 5.32 Å². The van der Waals surface area contributed by atoms with E-state index in [1.54, 1.807) is 24.3 Å². The van der Waals surface area contributed by atoms with Crippen LogP contribution >= 0.6 is 11.6 Å². The van der Waals surface area contributed by atoms with E-state index in [0.717, 1.165) is 11.1 Å². The SMILES string of the molecule is Cc1ccc2c(c1)C(=O)N(CCCC(=O)NCc1ccc(Cl)cc1)C2=O. The van der Waals surface area contributed by atoms with Gasteiger partial charge in [-0.15, -0.1) is 0 Å². The van der Waals surface area contributed by atoms with Crippen molar-refractivity contribution in [1.29, 1.82) is 0 Å². The van der Waals surface area contributed by atoms with Crippen LogP contribution in [-0.2, 0) is 11.3 Å². The summed E-state index contributed by atoms with van der Waals surface area (Å²) in [6.07, 6.45) is 0.678. The second-order valence-corrected chi connectivity index (χ2v) is 6.75. The molecule has 1 aliphatic rings. The fourth-order valence-electron chi connectivity index (χ4n) is 2.90. The number of hydrogen-bond acceptors (Lipinski definition) is 3. The maximum Gasteiger partial charge on any atom is 0.261 e. The Balaban J connectivity index is 1.47. The van der Waals surface area contributed by atoms with Gasteiger partial charge in [-0.2, -0.15) is 0 Å². The zero-order valence-electron chi connectivity index (χ0n) is 14.4. The van der Waals surface area contributed by atoms with Crippen molar-refractivity contribution in [3.63, 3.8) is 0 Å². The lowest BCUT2D eigenvalue weighted by molar-refractivity contribution is -0.121.